The molecule has 0 radical (unpaired) electrons. The fourth-order valence-electron chi connectivity index (χ4n) is 5.71. The van der Waals surface area contributed by atoms with Gasteiger partial charge >= 0.3 is 5.97 Å². The molecular weight excluding hydrogens is 566 g/mol. The third-order valence-corrected chi connectivity index (χ3v) is 8.93. The first-order chi connectivity index (χ1) is 18.6. The molecule has 2 aromatic rings. The standard InChI is InChI=1S/C29H32Cl3FN2O4/c1-16(19-8-20(30)10-21(31)9-19)34-6-4-17(5-7-34)15-39-27-13-25(33)24(12-23(27)18-2-3-18)28(36)35-14-22(32)11-26(35)29(37)38/h8-10,12-13,16-18,22,26H,2-7,11,14-15H2,1H3,(H,37,38)/t16?,22-,26+/m1/s1. The zero-order valence-corrected chi connectivity index (χ0v) is 24.0. The van der Waals surface area contributed by atoms with Crippen LogP contribution in [0, 0.1) is 11.7 Å². The lowest BCUT2D eigenvalue weighted by atomic mass is 9.95. The van der Waals surface area contributed by atoms with Gasteiger partial charge in [-0.3, -0.25) is 9.69 Å². The first-order valence-electron chi connectivity index (χ1n) is 13.4. The summed E-state index contributed by atoms with van der Waals surface area (Å²) in [5, 5.41) is 10.3. The summed E-state index contributed by atoms with van der Waals surface area (Å²) in [6.45, 7) is 4.51. The van der Waals surface area contributed by atoms with Gasteiger partial charge in [0.05, 0.1) is 17.5 Å². The Morgan fingerprint density at radius 2 is 1.74 bits per heavy atom. The Labute approximate surface area is 243 Å². The largest absolute Gasteiger partial charge is 0.493 e. The van der Waals surface area contributed by atoms with E-state index >= 15 is 4.39 Å². The van der Waals surface area contributed by atoms with E-state index in [0.29, 0.717) is 28.3 Å². The van der Waals surface area contributed by atoms with E-state index in [9.17, 15) is 14.7 Å². The number of alkyl halides is 1. The number of carbonyl (C=O) groups excluding carboxylic acids is 1. The molecule has 0 aromatic heterocycles. The lowest BCUT2D eigenvalue weighted by Gasteiger charge is -2.36. The van der Waals surface area contributed by atoms with Crippen LogP contribution in [-0.2, 0) is 4.79 Å². The van der Waals surface area contributed by atoms with E-state index in [1.54, 1.807) is 12.1 Å². The molecule has 6 nitrogen and oxygen atoms in total. The molecule has 39 heavy (non-hydrogen) atoms. The van der Waals surface area contributed by atoms with Crippen molar-refractivity contribution in [3.63, 3.8) is 0 Å². The number of benzene rings is 2. The van der Waals surface area contributed by atoms with E-state index in [1.165, 1.54) is 11.0 Å². The second kappa shape index (κ2) is 11.8. The van der Waals surface area contributed by atoms with E-state index in [0.717, 1.165) is 49.9 Å². The molecule has 0 spiro atoms. The zero-order chi connectivity index (χ0) is 27.8. The minimum atomic E-state index is -1.13. The van der Waals surface area contributed by atoms with Gasteiger partial charge in [-0.2, -0.15) is 0 Å². The number of ether oxygens (including phenoxy) is 1. The first kappa shape index (κ1) is 28.5. The van der Waals surface area contributed by atoms with Gasteiger partial charge in [-0.25, -0.2) is 9.18 Å². The SMILES string of the molecule is CC(c1cc(Cl)cc(Cl)c1)N1CCC(COc2cc(F)c(C(=O)N3C[C@H](Cl)C[C@H]3C(=O)O)cc2C2CC2)CC1. The number of hydrogen-bond acceptors (Lipinski definition) is 4. The van der Waals surface area contributed by atoms with Crippen LogP contribution >= 0.6 is 34.8 Å². The van der Waals surface area contributed by atoms with Crippen molar-refractivity contribution in [3.8, 4) is 5.75 Å². The van der Waals surface area contributed by atoms with E-state index in [2.05, 4.69) is 11.8 Å². The Hall–Kier alpha value is -2.06. The number of carbonyl (C=O) groups is 2. The van der Waals surface area contributed by atoms with Crippen LogP contribution in [0.25, 0.3) is 0 Å². The van der Waals surface area contributed by atoms with Gasteiger partial charge in [0.15, 0.2) is 0 Å². The lowest BCUT2D eigenvalue weighted by molar-refractivity contribution is -0.141. The Morgan fingerprint density at radius 3 is 2.36 bits per heavy atom. The summed E-state index contributed by atoms with van der Waals surface area (Å²) < 4.78 is 21.4. The van der Waals surface area contributed by atoms with Crippen molar-refractivity contribution in [2.45, 2.75) is 62.4 Å². The van der Waals surface area contributed by atoms with E-state index in [-0.39, 0.29) is 30.5 Å². The number of piperidine rings is 1. The predicted octanol–water partition coefficient (Wildman–Crippen LogP) is 6.77. The predicted molar refractivity (Wildman–Crippen MR) is 150 cm³/mol. The second-order valence-electron chi connectivity index (χ2n) is 11.0. The van der Waals surface area contributed by atoms with Gasteiger partial charge in [-0.05, 0) is 99.3 Å². The van der Waals surface area contributed by atoms with Crippen LogP contribution < -0.4 is 4.74 Å². The lowest BCUT2D eigenvalue weighted by Crippen LogP contribution is -2.41. The highest BCUT2D eigenvalue weighted by molar-refractivity contribution is 6.34. The van der Waals surface area contributed by atoms with Crippen LogP contribution in [0.2, 0.25) is 10.0 Å². The highest BCUT2D eigenvalue weighted by Crippen LogP contribution is 2.45. The normalized spacial score (nSPS) is 23.2. The van der Waals surface area contributed by atoms with Crippen LogP contribution in [0.1, 0.15) is 72.5 Å². The third-order valence-electron chi connectivity index (χ3n) is 8.18. The van der Waals surface area contributed by atoms with Gasteiger partial charge in [0.1, 0.15) is 17.6 Å². The topological polar surface area (TPSA) is 70.1 Å². The summed E-state index contributed by atoms with van der Waals surface area (Å²) in [6.07, 6.45) is 3.93. The molecule has 5 rings (SSSR count). The van der Waals surface area contributed by atoms with Gasteiger partial charge in [0.25, 0.3) is 5.91 Å². The highest BCUT2D eigenvalue weighted by Gasteiger charge is 2.40. The monoisotopic (exact) mass is 596 g/mol. The molecule has 1 aliphatic carbocycles. The number of carboxylic acids is 1. The Bertz CT molecular complexity index is 1230. The van der Waals surface area contributed by atoms with Gasteiger partial charge < -0.3 is 14.7 Å². The van der Waals surface area contributed by atoms with Crippen LogP contribution in [0.3, 0.4) is 0 Å². The molecule has 210 valence electrons. The molecule has 1 saturated carbocycles. The number of nitrogens with zero attached hydrogens (tertiary/aromatic N) is 2. The van der Waals surface area contributed by atoms with Crippen molar-refractivity contribution in [3.05, 3.63) is 62.9 Å². The maximum atomic E-state index is 15.2. The number of aliphatic carboxylic acids is 1. The summed E-state index contributed by atoms with van der Waals surface area (Å²) in [6, 6.07) is 7.64. The van der Waals surface area contributed by atoms with Crippen LogP contribution in [-0.4, -0.2) is 64.4 Å². The van der Waals surface area contributed by atoms with Gasteiger partial charge in [-0.1, -0.05) is 23.2 Å². The summed E-state index contributed by atoms with van der Waals surface area (Å²) in [4.78, 5) is 28.4. The molecule has 1 unspecified atom stereocenters. The number of amides is 1. The Morgan fingerprint density at radius 1 is 1.08 bits per heavy atom. The average molecular weight is 598 g/mol. The van der Waals surface area contributed by atoms with E-state index in [1.807, 2.05) is 12.1 Å². The maximum absolute atomic E-state index is 15.2. The van der Waals surface area contributed by atoms with Crippen LogP contribution in [0.15, 0.2) is 30.3 Å². The minimum Gasteiger partial charge on any atom is -0.493 e. The smallest absolute Gasteiger partial charge is 0.326 e. The molecular formula is C29H32Cl3FN2O4. The molecule has 3 atom stereocenters. The molecule has 1 amide bonds. The van der Waals surface area contributed by atoms with Gasteiger partial charge in [-0.15, -0.1) is 11.6 Å². The third kappa shape index (κ3) is 6.48. The summed E-state index contributed by atoms with van der Waals surface area (Å²) in [7, 11) is 0. The summed E-state index contributed by atoms with van der Waals surface area (Å²) in [5.74, 6) is -1.46. The van der Waals surface area contributed by atoms with Crippen molar-refractivity contribution in [1.29, 1.82) is 0 Å². The van der Waals surface area contributed by atoms with Crippen molar-refractivity contribution in [2.24, 2.45) is 5.92 Å². The quantitative estimate of drug-likeness (QED) is 0.340. The number of likely N-dealkylation sites (tertiary alicyclic amines) is 2. The summed E-state index contributed by atoms with van der Waals surface area (Å²) in [5.41, 5.74) is 1.79. The fourth-order valence-corrected chi connectivity index (χ4v) is 6.57. The molecule has 1 N–H and O–H groups in total. The van der Waals surface area contributed by atoms with E-state index < -0.39 is 29.1 Å². The first-order valence-corrected chi connectivity index (χ1v) is 14.6. The molecule has 3 aliphatic rings. The highest BCUT2D eigenvalue weighted by atomic mass is 35.5. The van der Waals surface area contributed by atoms with Gasteiger partial charge in [0, 0.05) is 28.7 Å². The molecule has 2 aliphatic heterocycles. The number of rotatable bonds is 8. The molecule has 0 bridgehead atoms. The zero-order valence-electron chi connectivity index (χ0n) is 21.7. The van der Waals surface area contributed by atoms with Crippen molar-refractivity contribution >= 4 is 46.7 Å². The van der Waals surface area contributed by atoms with Gasteiger partial charge in [0.2, 0.25) is 0 Å². The van der Waals surface area contributed by atoms with Crippen molar-refractivity contribution in [2.75, 3.05) is 26.2 Å². The number of hydrogen-bond donors (Lipinski definition) is 1. The summed E-state index contributed by atoms with van der Waals surface area (Å²) >= 11 is 18.5. The minimum absolute atomic E-state index is 0.0788. The fraction of sp³-hybridized carbons (Fsp3) is 0.517. The molecule has 3 fully saturated rings. The van der Waals surface area contributed by atoms with Crippen LogP contribution in [0.4, 0.5) is 4.39 Å². The number of carboxylic acid groups (broad SMARTS) is 1. The molecule has 10 heteroatoms. The van der Waals surface area contributed by atoms with Crippen molar-refractivity contribution < 1.29 is 23.8 Å². The second-order valence-corrected chi connectivity index (χ2v) is 12.4. The maximum Gasteiger partial charge on any atom is 0.326 e. The Balaban J connectivity index is 1.23. The Kier molecular flexibility index (Phi) is 8.62. The molecule has 2 aromatic carbocycles. The van der Waals surface area contributed by atoms with E-state index in [4.69, 9.17) is 39.5 Å². The van der Waals surface area contributed by atoms with Crippen molar-refractivity contribution in [1.82, 2.24) is 9.80 Å². The number of halogens is 4. The average Bonchev–Trinajstić information content (AvgIpc) is 3.66. The molecule has 2 heterocycles. The van der Waals surface area contributed by atoms with Crippen LogP contribution in [0.5, 0.6) is 5.75 Å². The molecule has 2 saturated heterocycles.